The number of benzene rings is 1. The monoisotopic (exact) mass is 285 g/mol. The van der Waals surface area contributed by atoms with E-state index in [4.69, 9.17) is 0 Å². The summed E-state index contributed by atoms with van der Waals surface area (Å²) in [7, 11) is 0. The van der Waals surface area contributed by atoms with E-state index in [1.165, 1.54) is 12.8 Å². The fourth-order valence-electron chi connectivity index (χ4n) is 1.76. The van der Waals surface area contributed by atoms with Gasteiger partial charge >= 0.3 is 0 Å². The SMILES string of the molecule is CCCCN(CC)c1cc(Br)ccc1CO. The Morgan fingerprint density at radius 3 is 2.62 bits per heavy atom. The molecular formula is C13H20BrNO. The zero-order chi connectivity index (χ0) is 12.0. The first-order valence-corrected chi connectivity index (χ1v) is 6.66. The molecule has 0 bridgehead atoms. The standard InChI is InChI=1S/C13H20BrNO/c1-3-5-8-15(4-2)13-9-12(14)7-6-11(13)10-16/h6-7,9,16H,3-5,8,10H2,1-2H3. The molecule has 0 aliphatic carbocycles. The normalized spacial score (nSPS) is 10.5. The third-order valence-corrected chi connectivity index (χ3v) is 3.21. The van der Waals surface area contributed by atoms with Gasteiger partial charge in [-0.05, 0) is 25.5 Å². The van der Waals surface area contributed by atoms with E-state index in [1.54, 1.807) is 0 Å². The minimum Gasteiger partial charge on any atom is -0.392 e. The molecule has 1 N–H and O–H groups in total. The van der Waals surface area contributed by atoms with Gasteiger partial charge in [-0.3, -0.25) is 0 Å². The zero-order valence-electron chi connectivity index (χ0n) is 10.0. The summed E-state index contributed by atoms with van der Waals surface area (Å²) in [5.74, 6) is 0. The lowest BCUT2D eigenvalue weighted by atomic mass is 10.1. The van der Waals surface area contributed by atoms with Crippen LogP contribution in [0.5, 0.6) is 0 Å². The lowest BCUT2D eigenvalue weighted by Gasteiger charge is -2.25. The topological polar surface area (TPSA) is 23.5 Å². The predicted octanol–water partition coefficient (Wildman–Crippen LogP) is 3.57. The van der Waals surface area contributed by atoms with E-state index in [1.807, 2.05) is 12.1 Å². The average molecular weight is 286 g/mol. The van der Waals surface area contributed by atoms with Crippen LogP contribution in [-0.4, -0.2) is 18.2 Å². The van der Waals surface area contributed by atoms with Gasteiger partial charge in [0.05, 0.1) is 6.61 Å². The van der Waals surface area contributed by atoms with Crippen LogP contribution in [0.4, 0.5) is 5.69 Å². The molecule has 0 amide bonds. The Bertz CT molecular complexity index is 328. The molecule has 90 valence electrons. The lowest BCUT2D eigenvalue weighted by Crippen LogP contribution is -2.25. The predicted molar refractivity (Wildman–Crippen MR) is 72.9 cm³/mol. The van der Waals surface area contributed by atoms with Crippen molar-refractivity contribution in [2.75, 3.05) is 18.0 Å². The van der Waals surface area contributed by atoms with E-state index in [0.29, 0.717) is 0 Å². The Labute approximate surface area is 106 Å². The maximum atomic E-state index is 9.34. The average Bonchev–Trinajstić information content (AvgIpc) is 2.30. The Balaban J connectivity index is 2.92. The van der Waals surface area contributed by atoms with Crippen molar-refractivity contribution in [2.24, 2.45) is 0 Å². The minimum atomic E-state index is 0.102. The molecule has 2 nitrogen and oxygen atoms in total. The molecule has 3 heteroatoms. The number of unbranched alkanes of at least 4 members (excludes halogenated alkanes) is 1. The van der Waals surface area contributed by atoms with Gasteiger partial charge < -0.3 is 10.0 Å². The van der Waals surface area contributed by atoms with Crippen molar-refractivity contribution in [1.82, 2.24) is 0 Å². The van der Waals surface area contributed by atoms with Crippen molar-refractivity contribution < 1.29 is 5.11 Å². The number of anilines is 1. The second kappa shape index (κ2) is 6.92. The number of aliphatic hydroxyl groups is 1. The van der Waals surface area contributed by atoms with Crippen molar-refractivity contribution in [2.45, 2.75) is 33.3 Å². The van der Waals surface area contributed by atoms with Gasteiger partial charge in [-0.1, -0.05) is 35.3 Å². The number of hydrogen-bond acceptors (Lipinski definition) is 2. The molecule has 16 heavy (non-hydrogen) atoms. The molecule has 0 heterocycles. The van der Waals surface area contributed by atoms with Crippen LogP contribution < -0.4 is 4.90 Å². The molecule has 1 aromatic rings. The van der Waals surface area contributed by atoms with Crippen LogP contribution >= 0.6 is 15.9 Å². The second-order valence-corrected chi connectivity index (χ2v) is 4.78. The van der Waals surface area contributed by atoms with E-state index in [0.717, 1.165) is 28.8 Å². The van der Waals surface area contributed by atoms with Crippen molar-refractivity contribution in [3.63, 3.8) is 0 Å². The quantitative estimate of drug-likeness (QED) is 0.864. The third-order valence-electron chi connectivity index (χ3n) is 2.72. The summed E-state index contributed by atoms with van der Waals surface area (Å²) in [5.41, 5.74) is 2.15. The second-order valence-electron chi connectivity index (χ2n) is 3.86. The van der Waals surface area contributed by atoms with E-state index >= 15 is 0 Å². The Morgan fingerprint density at radius 1 is 1.31 bits per heavy atom. The highest BCUT2D eigenvalue weighted by molar-refractivity contribution is 9.10. The fraction of sp³-hybridized carbons (Fsp3) is 0.538. The smallest absolute Gasteiger partial charge is 0.0702 e. The summed E-state index contributed by atoms with van der Waals surface area (Å²) in [6, 6.07) is 6.04. The number of hydrogen-bond donors (Lipinski definition) is 1. The van der Waals surface area contributed by atoms with Crippen molar-refractivity contribution in [1.29, 1.82) is 0 Å². The molecule has 0 aliphatic rings. The highest BCUT2D eigenvalue weighted by atomic mass is 79.9. The number of nitrogens with zero attached hydrogens (tertiary/aromatic N) is 1. The van der Waals surface area contributed by atoms with Crippen LogP contribution in [0.3, 0.4) is 0 Å². The summed E-state index contributed by atoms with van der Waals surface area (Å²) in [5, 5.41) is 9.34. The van der Waals surface area contributed by atoms with Crippen LogP contribution in [0.2, 0.25) is 0 Å². The largest absolute Gasteiger partial charge is 0.392 e. The minimum absolute atomic E-state index is 0.102. The van der Waals surface area contributed by atoms with Gasteiger partial charge in [0.1, 0.15) is 0 Å². The third kappa shape index (κ3) is 3.49. The molecule has 0 saturated carbocycles. The lowest BCUT2D eigenvalue weighted by molar-refractivity contribution is 0.282. The van der Waals surface area contributed by atoms with E-state index in [2.05, 4.69) is 40.7 Å². The van der Waals surface area contributed by atoms with Crippen LogP contribution in [-0.2, 0) is 6.61 Å². The van der Waals surface area contributed by atoms with Crippen LogP contribution in [0, 0.1) is 0 Å². The molecule has 0 radical (unpaired) electrons. The van der Waals surface area contributed by atoms with Crippen molar-refractivity contribution in [3.05, 3.63) is 28.2 Å². The molecule has 0 spiro atoms. The van der Waals surface area contributed by atoms with Gasteiger partial charge in [-0.2, -0.15) is 0 Å². The van der Waals surface area contributed by atoms with Crippen LogP contribution in [0.1, 0.15) is 32.3 Å². The Hall–Kier alpha value is -0.540. The summed E-state index contributed by atoms with van der Waals surface area (Å²) in [6.45, 7) is 6.48. The Morgan fingerprint density at radius 2 is 2.06 bits per heavy atom. The first kappa shape index (κ1) is 13.5. The molecule has 0 saturated heterocycles. The van der Waals surface area contributed by atoms with Gasteiger partial charge in [-0.25, -0.2) is 0 Å². The van der Waals surface area contributed by atoms with Crippen molar-refractivity contribution in [3.8, 4) is 0 Å². The number of aliphatic hydroxyl groups excluding tert-OH is 1. The summed E-state index contributed by atoms with van der Waals surface area (Å²) >= 11 is 3.48. The van der Waals surface area contributed by atoms with Gasteiger partial charge in [-0.15, -0.1) is 0 Å². The zero-order valence-corrected chi connectivity index (χ0v) is 11.6. The molecule has 1 rings (SSSR count). The van der Waals surface area contributed by atoms with Gasteiger partial charge in [0, 0.05) is 28.8 Å². The summed E-state index contributed by atoms with van der Waals surface area (Å²) in [6.07, 6.45) is 2.38. The van der Waals surface area contributed by atoms with E-state index in [-0.39, 0.29) is 6.61 Å². The molecule has 0 atom stereocenters. The van der Waals surface area contributed by atoms with Gasteiger partial charge in [0.25, 0.3) is 0 Å². The van der Waals surface area contributed by atoms with Crippen molar-refractivity contribution >= 4 is 21.6 Å². The summed E-state index contributed by atoms with van der Waals surface area (Å²) < 4.78 is 1.06. The van der Waals surface area contributed by atoms with Gasteiger partial charge in [0.15, 0.2) is 0 Å². The van der Waals surface area contributed by atoms with Crippen LogP contribution in [0.25, 0.3) is 0 Å². The first-order valence-electron chi connectivity index (χ1n) is 5.87. The fourth-order valence-corrected chi connectivity index (χ4v) is 2.11. The molecule has 0 aliphatic heterocycles. The molecule has 0 aromatic heterocycles. The molecule has 1 aromatic carbocycles. The maximum absolute atomic E-state index is 9.34. The summed E-state index contributed by atoms with van der Waals surface area (Å²) in [4.78, 5) is 2.32. The molecule has 0 unspecified atom stereocenters. The highest BCUT2D eigenvalue weighted by Crippen LogP contribution is 2.25. The first-order chi connectivity index (χ1) is 7.72. The van der Waals surface area contributed by atoms with E-state index in [9.17, 15) is 5.11 Å². The highest BCUT2D eigenvalue weighted by Gasteiger charge is 2.09. The number of halogens is 1. The molecular weight excluding hydrogens is 266 g/mol. The Kier molecular flexibility index (Phi) is 5.85. The van der Waals surface area contributed by atoms with E-state index < -0.39 is 0 Å². The molecule has 0 fully saturated rings. The maximum Gasteiger partial charge on any atom is 0.0702 e. The van der Waals surface area contributed by atoms with Crippen LogP contribution in [0.15, 0.2) is 22.7 Å². The van der Waals surface area contributed by atoms with Gasteiger partial charge in [0.2, 0.25) is 0 Å². The number of rotatable bonds is 6.